The molecule has 0 radical (unpaired) electrons. The van der Waals surface area contributed by atoms with Crippen LogP contribution in [-0.2, 0) is 14.3 Å². The molecule has 11 heteroatoms. The van der Waals surface area contributed by atoms with E-state index in [1.54, 1.807) is 28.3 Å². The minimum atomic E-state index is -0.564. The van der Waals surface area contributed by atoms with Gasteiger partial charge in [-0.25, -0.2) is 9.78 Å². The molecule has 0 spiro atoms. The van der Waals surface area contributed by atoms with Gasteiger partial charge in [-0.3, -0.25) is 9.78 Å². The van der Waals surface area contributed by atoms with Crippen LogP contribution in [0.1, 0.15) is 27.2 Å². The maximum Gasteiger partial charge on any atom is 0.410 e. The lowest BCUT2D eigenvalue weighted by Crippen LogP contribution is -2.50. The molecule has 0 bridgehead atoms. The molecule has 2 aliphatic rings. The third-order valence-corrected chi connectivity index (χ3v) is 5.63. The zero-order valence-corrected chi connectivity index (χ0v) is 19.7. The van der Waals surface area contributed by atoms with Crippen LogP contribution in [0.2, 0.25) is 5.15 Å². The lowest BCUT2D eigenvalue weighted by atomic mass is 10.1. The Kier molecular flexibility index (Phi) is 6.85. The number of aromatic nitrogens is 3. The third-order valence-electron chi connectivity index (χ3n) is 5.44. The molecule has 2 fully saturated rings. The van der Waals surface area contributed by atoms with E-state index < -0.39 is 5.60 Å². The molecule has 2 atom stereocenters. The van der Waals surface area contributed by atoms with Crippen molar-refractivity contribution in [2.75, 3.05) is 39.4 Å². The fraction of sp³-hybridized carbons (Fsp3) is 0.591. The Morgan fingerprint density at radius 2 is 1.97 bits per heavy atom. The molecule has 2 unspecified atom stereocenters. The first-order valence-electron chi connectivity index (χ1n) is 11.0. The molecular weight excluding hydrogens is 450 g/mol. The van der Waals surface area contributed by atoms with Gasteiger partial charge >= 0.3 is 6.09 Å². The summed E-state index contributed by atoms with van der Waals surface area (Å²) in [4.78, 5) is 41.5. The summed E-state index contributed by atoms with van der Waals surface area (Å²) in [5, 5.41) is 0.259. The van der Waals surface area contributed by atoms with Crippen molar-refractivity contribution in [2.45, 2.75) is 38.9 Å². The average Bonchev–Trinajstić information content (AvgIpc) is 3.26. The molecule has 10 nitrogen and oxygen atoms in total. The normalized spacial score (nSPS) is 21.3. The summed E-state index contributed by atoms with van der Waals surface area (Å²) in [6, 6.07) is 1.62. The topological polar surface area (TPSA) is 107 Å². The van der Waals surface area contributed by atoms with Gasteiger partial charge in [0, 0.05) is 38.1 Å². The number of amides is 2. The van der Waals surface area contributed by atoms with Crippen LogP contribution in [0.25, 0.3) is 11.0 Å². The fourth-order valence-corrected chi connectivity index (χ4v) is 4.10. The second-order valence-corrected chi connectivity index (χ2v) is 9.56. The van der Waals surface area contributed by atoms with Gasteiger partial charge < -0.3 is 24.0 Å². The molecule has 2 saturated heterocycles. The minimum Gasteiger partial charge on any atom is -0.473 e. The van der Waals surface area contributed by atoms with Crippen LogP contribution in [0.3, 0.4) is 0 Å². The van der Waals surface area contributed by atoms with Crippen LogP contribution in [0.5, 0.6) is 5.88 Å². The van der Waals surface area contributed by atoms with E-state index in [1.807, 2.05) is 20.8 Å². The number of carbonyl (C=O) groups is 2. The van der Waals surface area contributed by atoms with Crippen molar-refractivity contribution in [1.82, 2.24) is 24.8 Å². The first-order valence-corrected chi connectivity index (χ1v) is 11.4. The van der Waals surface area contributed by atoms with Crippen molar-refractivity contribution >= 4 is 34.6 Å². The van der Waals surface area contributed by atoms with Gasteiger partial charge in [0.1, 0.15) is 23.5 Å². The molecule has 2 aliphatic heterocycles. The number of likely N-dealkylation sites (tertiary alicyclic amines) is 1. The van der Waals surface area contributed by atoms with Gasteiger partial charge in [-0.2, -0.15) is 4.98 Å². The SMILES string of the molecule is CC(C)(C)OC(=O)N1CCC(C(=O)N2CCOC(COc3nc(Cl)cc4nccnc34)C2)C1. The van der Waals surface area contributed by atoms with Crippen LogP contribution in [0.15, 0.2) is 18.5 Å². The quantitative estimate of drug-likeness (QED) is 0.618. The lowest BCUT2D eigenvalue weighted by molar-refractivity contribution is -0.143. The average molecular weight is 478 g/mol. The Morgan fingerprint density at radius 1 is 1.18 bits per heavy atom. The Bertz CT molecular complexity index is 1030. The highest BCUT2D eigenvalue weighted by atomic mass is 35.5. The Hall–Kier alpha value is -2.72. The Morgan fingerprint density at radius 3 is 2.76 bits per heavy atom. The molecule has 178 valence electrons. The Balaban J connectivity index is 1.33. The number of nitrogens with zero attached hydrogens (tertiary/aromatic N) is 5. The predicted molar refractivity (Wildman–Crippen MR) is 120 cm³/mol. The van der Waals surface area contributed by atoms with Crippen molar-refractivity contribution < 1.29 is 23.8 Å². The third kappa shape index (κ3) is 5.80. The summed E-state index contributed by atoms with van der Waals surface area (Å²) >= 11 is 6.07. The van der Waals surface area contributed by atoms with Crippen molar-refractivity contribution in [3.05, 3.63) is 23.6 Å². The molecule has 0 saturated carbocycles. The van der Waals surface area contributed by atoms with Crippen molar-refractivity contribution in [2.24, 2.45) is 5.92 Å². The largest absolute Gasteiger partial charge is 0.473 e. The van der Waals surface area contributed by atoms with Gasteiger partial charge in [0.15, 0.2) is 5.52 Å². The van der Waals surface area contributed by atoms with Crippen LogP contribution in [-0.4, -0.2) is 87.8 Å². The van der Waals surface area contributed by atoms with E-state index in [-0.39, 0.29) is 41.7 Å². The van der Waals surface area contributed by atoms with Gasteiger partial charge in [-0.1, -0.05) is 11.6 Å². The van der Waals surface area contributed by atoms with Crippen LogP contribution >= 0.6 is 11.6 Å². The zero-order chi connectivity index (χ0) is 23.6. The molecule has 0 aromatic carbocycles. The first kappa shape index (κ1) is 23.4. The van der Waals surface area contributed by atoms with Crippen molar-refractivity contribution in [1.29, 1.82) is 0 Å². The van der Waals surface area contributed by atoms with Gasteiger partial charge in [-0.15, -0.1) is 0 Å². The van der Waals surface area contributed by atoms with Crippen LogP contribution in [0.4, 0.5) is 4.79 Å². The van der Waals surface area contributed by atoms with Gasteiger partial charge in [0.25, 0.3) is 0 Å². The summed E-state index contributed by atoms with van der Waals surface area (Å²) in [5.41, 5.74) is 0.536. The number of morpholine rings is 1. The number of ether oxygens (including phenoxy) is 3. The maximum absolute atomic E-state index is 13.1. The van der Waals surface area contributed by atoms with Crippen LogP contribution in [0, 0.1) is 5.92 Å². The van der Waals surface area contributed by atoms with E-state index in [9.17, 15) is 9.59 Å². The molecule has 2 aromatic heterocycles. The summed E-state index contributed by atoms with van der Waals surface area (Å²) in [7, 11) is 0. The number of carbonyl (C=O) groups excluding carboxylic acids is 2. The van der Waals surface area contributed by atoms with Crippen LogP contribution < -0.4 is 4.74 Å². The number of hydrogen-bond donors (Lipinski definition) is 0. The zero-order valence-electron chi connectivity index (χ0n) is 19.0. The molecule has 4 heterocycles. The Labute approximate surface area is 197 Å². The van der Waals surface area contributed by atoms with Gasteiger partial charge in [-0.05, 0) is 27.2 Å². The first-order chi connectivity index (χ1) is 15.7. The molecule has 0 N–H and O–H groups in total. The van der Waals surface area contributed by atoms with E-state index >= 15 is 0 Å². The second-order valence-electron chi connectivity index (χ2n) is 9.17. The predicted octanol–water partition coefficient (Wildman–Crippen LogP) is 2.54. The highest BCUT2D eigenvalue weighted by Crippen LogP contribution is 2.25. The highest BCUT2D eigenvalue weighted by molar-refractivity contribution is 6.30. The molecule has 0 aliphatic carbocycles. The molecule has 33 heavy (non-hydrogen) atoms. The van der Waals surface area contributed by atoms with E-state index in [0.717, 1.165) is 0 Å². The minimum absolute atomic E-state index is 0.0200. The standard InChI is InChI=1S/C22H28ClN5O5/c1-22(2,3)33-21(30)28-7-4-14(11-28)20(29)27-8-9-31-15(12-27)13-32-19-18-16(10-17(23)26-19)24-5-6-25-18/h5-6,10,14-15H,4,7-9,11-13H2,1-3H3. The summed E-state index contributed by atoms with van der Waals surface area (Å²) in [6.07, 6.45) is 3.05. The van der Waals surface area contributed by atoms with E-state index in [0.29, 0.717) is 50.2 Å². The van der Waals surface area contributed by atoms with Crippen molar-refractivity contribution in [3.8, 4) is 5.88 Å². The molecule has 2 amide bonds. The monoisotopic (exact) mass is 477 g/mol. The highest BCUT2D eigenvalue weighted by Gasteiger charge is 2.37. The summed E-state index contributed by atoms with van der Waals surface area (Å²) < 4.78 is 17.1. The molecule has 4 rings (SSSR count). The number of pyridine rings is 1. The smallest absolute Gasteiger partial charge is 0.410 e. The number of fused-ring (bicyclic) bond motifs is 1. The number of hydrogen-bond acceptors (Lipinski definition) is 8. The summed E-state index contributed by atoms with van der Waals surface area (Å²) in [6.45, 7) is 7.85. The van der Waals surface area contributed by atoms with Gasteiger partial charge in [0.2, 0.25) is 11.8 Å². The molecule has 2 aromatic rings. The fourth-order valence-electron chi connectivity index (χ4n) is 3.92. The number of rotatable bonds is 4. The van der Waals surface area contributed by atoms with Crippen molar-refractivity contribution in [3.63, 3.8) is 0 Å². The van der Waals surface area contributed by atoms with Gasteiger partial charge in [0.05, 0.1) is 24.6 Å². The number of halogens is 1. The lowest BCUT2D eigenvalue weighted by Gasteiger charge is -2.34. The van der Waals surface area contributed by atoms with E-state index in [1.165, 1.54) is 0 Å². The second kappa shape index (κ2) is 9.64. The maximum atomic E-state index is 13.1. The van der Waals surface area contributed by atoms with E-state index in [4.69, 9.17) is 25.8 Å². The molecular formula is C22H28ClN5O5. The van der Waals surface area contributed by atoms with E-state index in [2.05, 4.69) is 15.0 Å². The summed E-state index contributed by atoms with van der Waals surface area (Å²) in [5.74, 6) is 0.0546.